The van der Waals surface area contributed by atoms with Crippen LogP contribution in [0.2, 0.25) is 0 Å². The molecule has 3 amide bonds. The number of piperazine rings is 1. The summed E-state index contributed by atoms with van der Waals surface area (Å²) in [7, 11) is 1.50. The molecule has 10 nitrogen and oxygen atoms in total. The summed E-state index contributed by atoms with van der Waals surface area (Å²) in [6.45, 7) is 8.61. The number of nitrogens with zero attached hydrogens (tertiary/aromatic N) is 5. The highest BCUT2D eigenvalue weighted by molar-refractivity contribution is 6.00. The van der Waals surface area contributed by atoms with Gasteiger partial charge >= 0.3 is 12.2 Å². The second-order valence-electron chi connectivity index (χ2n) is 10.3. The smallest absolute Gasteiger partial charge is 0.433 e. The van der Waals surface area contributed by atoms with Crippen LogP contribution in [0.5, 0.6) is 5.75 Å². The maximum Gasteiger partial charge on any atom is 0.433 e. The number of halogens is 3. The van der Waals surface area contributed by atoms with E-state index in [4.69, 9.17) is 10.5 Å². The van der Waals surface area contributed by atoms with Gasteiger partial charge in [-0.3, -0.25) is 4.79 Å². The van der Waals surface area contributed by atoms with Gasteiger partial charge in [-0.05, 0) is 55.8 Å². The zero-order chi connectivity index (χ0) is 31.1. The number of carbonyl (C=O) groups is 2. The van der Waals surface area contributed by atoms with Gasteiger partial charge < -0.3 is 25.6 Å². The molecular formula is C30H30F3N7O3. The Kier molecular flexibility index (Phi) is 7.74. The number of nitrogens with one attached hydrogen (secondary N) is 1. The first-order valence-corrected chi connectivity index (χ1v) is 13.4. The number of nitrogens with two attached hydrogens (primary N) is 1. The highest BCUT2D eigenvalue weighted by Gasteiger charge is 2.39. The van der Waals surface area contributed by atoms with E-state index in [-0.39, 0.29) is 28.5 Å². The second kappa shape index (κ2) is 11.3. The number of anilines is 1. The van der Waals surface area contributed by atoms with E-state index < -0.39 is 23.8 Å². The highest BCUT2D eigenvalue weighted by Crippen LogP contribution is 2.37. The first-order chi connectivity index (χ1) is 20.4. The molecule has 0 spiro atoms. The van der Waals surface area contributed by atoms with Crippen molar-refractivity contribution in [3.63, 3.8) is 0 Å². The Balaban J connectivity index is 1.42. The molecule has 0 aliphatic carbocycles. The second-order valence-corrected chi connectivity index (χ2v) is 10.3. The van der Waals surface area contributed by atoms with Gasteiger partial charge in [0.2, 0.25) is 0 Å². The Morgan fingerprint density at radius 2 is 1.77 bits per heavy atom. The Hall–Kier alpha value is -5.07. The molecule has 224 valence electrons. The molecule has 2 aromatic heterocycles. The summed E-state index contributed by atoms with van der Waals surface area (Å²) < 4.78 is 48.8. The van der Waals surface area contributed by atoms with Gasteiger partial charge in [0.25, 0.3) is 5.91 Å². The van der Waals surface area contributed by atoms with Gasteiger partial charge in [-0.1, -0.05) is 18.7 Å². The Morgan fingerprint density at radius 3 is 2.35 bits per heavy atom. The fourth-order valence-electron chi connectivity index (χ4n) is 5.32. The Morgan fingerprint density at radius 1 is 1.09 bits per heavy atom. The third-order valence-electron chi connectivity index (χ3n) is 7.50. The summed E-state index contributed by atoms with van der Waals surface area (Å²) in [5.41, 5.74) is 6.54. The van der Waals surface area contributed by atoms with E-state index in [0.29, 0.717) is 41.2 Å². The lowest BCUT2D eigenvalue weighted by Gasteiger charge is -2.41. The van der Waals surface area contributed by atoms with Crippen LogP contribution in [0.15, 0.2) is 61.3 Å². The molecule has 0 unspecified atom stereocenters. The van der Waals surface area contributed by atoms with Gasteiger partial charge in [0.15, 0.2) is 11.3 Å². The predicted molar refractivity (Wildman–Crippen MR) is 155 cm³/mol. The molecule has 43 heavy (non-hydrogen) atoms. The zero-order valence-corrected chi connectivity index (χ0v) is 23.8. The topological polar surface area (TPSA) is 118 Å². The van der Waals surface area contributed by atoms with Crippen LogP contribution < -0.4 is 15.8 Å². The molecule has 1 aliphatic rings. The normalized spacial score (nSPS) is 15.4. The van der Waals surface area contributed by atoms with Crippen LogP contribution >= 0.6 is 0 Å². The van der Waals surface area contributed by atoms with Crippen molar-refractivity contribution in [2.75, 3.05) is 32.1 Å². The molecule has 1 saturated heterocycles. The van der Waals surface area contributed by atoms with E-state index in [1.807, 2.05) is 11.8 Å². The van der Waals surface area contributed by atoms with Crippen LogP contribution in [-0.2, 0) is 6.18 Å². The minimum absolute atomic E-state index is 0.0167. The number of amides is 3. The molecule has 4 aromatic rings. The first-order valence-electron chi connectivity index (χ1n) is 13.4. The molecular weight excluding hydrogens is 563 g/mol. The lowest BCUT2D eigenvalue weighted by atomic mass is 10.0. The number of primary amides is 1. The molecule has 3 heterocycles. The number of hydrogen-bond donors (Lipinski definition) is 2. The predicted octanol–water partition coefficient (Wildman–Crippen LogP) is 5.04. The summed E-state index contributed by atoms with van der Waals surface area (Å²) in [6, 6.07) is 12.6. The van der Waals surface area contributed by atoms with Crippen molar-refractivity contribution < 1.29 is 27.5 Å². The number of aromatic nitrogens is 3. The fourth-order valence-corrected chi connectivity index (χ4v) is 5.32. The van der Waals surface area contributed by atoms with Gasteiger partial charge in [-0.25, -0.2) is 14.3 Å². The largest absolute Gasteiger partial charge is 0.497 e. The quantitative estimate of drug-likeness (QED) is 0.324. The van der Waals surface area contributed by atoms with Crippen molar-refractivity contribution in [2.24, 2.45) is 5.73 Å². The number of rotatable bonds is 6. The lowest BCUT2D eigenvalue weighted by Crippen LogP contribution is -2.53. The van der Waals surface area contributed by atoms with Gasteiger partial charge in [0, 0.05) is 48.2 Å². The van der Waals surface area contributed by atoms with Crippen LogP contribution in [0.25, 0.3) is 22.6 Å². The first kappa shape index (κ1) is 29.4. The number of fused-ring (bicyclic) bond motifs is 1. The van der Waals surface area contributed by atoms with Crippen molar-refractivity contribution >= 4 is 29.0 Å². The number of methoxy groups -OCH3 is 1. The number of alkyl halides is 3. The van der Waals surface area contributed by atoms with Gasteiger partial charge in [-0.15, -0.1) is 0 Å². The van der Waals surface area contributed by atoms with E-state index in [9.17, 15) is 22.8 Å². The van der Waals surface area contributed by atoms with Crippen LogP contribution in [-0.4, -0.2) is 69.1 Å². The average Bonchev–Trinajstić information content (AvgIpc) is 3.38. The molecule has 2 aromatic carbocycles. The van der Waals surface area contributed by atoms with Crippen molar-refractivity contribution in [2.45, 2.75) is 26.1 Å². The molecule has 0 radical (unpaired) electrons. The summed E-state index contributed by atoms with van der Waals surface area (Å²) in [5, 5.41) is 6.47. The Labute approximate surface area is 245 Å². The van der Waals surface area contributed by atoms with E-state index in [1.54, 1.807) is 53.4 Å². The molecule has 3 N–H and O–H groups in total. The van der Waals surface area contributed by atoms with Crippen molar-refractivity contribution in [1.29, 1.82) is 0 Å². The van der Waals surface area contributed by atoms with Crippen LogP contribution in [0, 0.1) is 6.92 Å². The molecule has 5 rings (SSSR count). The number of ether oxygens (including phenoxy) is 1. The van der Waals surface area contributed by atoms with Crippen molar-refractivity contribution in [3.8, 4) is 17.0 Å². The molecule has 1 fully saturated rings. The maximum atomic E-state index is 14.3. The van der Waals surface area contributed by atoms with Crippen molar-refractivity contribution in [1.82, 2.24) is 24.4 Å². The van der Waals surface area contributed by atoms with Gasteiger partial charge in [-0.2, -0.15) is 18.3 Å². The minimum Gasteiger partial charge on any atom is -0.497 e. The van der Waals surface area contributed by atoms with Gasteiger partial charge in [0.1, 0.15) is 11.3 Å². The molecule has 0 bridgehead atoms. The van der Waals surface area contributed by atoms with E-state index in [0.717, 1.165) is 17.5 Å². The number of carbonyl (C=O) groups excluding carboxylic acids is 2. The van der Waals surface area contributed by atoms with Crippen molar-refractivity contribution in [3.05, 3.63) is 83.7 Å². The average molecular weight is 594 g/mol. The maximum absolute atomic E-state index is 14.3. The third-order valence-corrected chi connectivity index (χ3v) is 7.50. The fraction of sp³-hybridized carbons (Fsp3) is 0.267. The van der Waals surface area contributed by atoms with Crippen LogP contribution in [0.3, 0.4) is 0 Å². The van der Waals surface area contributed by atoms with E-state index in [2.05, 4.69) is 22.0 Å². The number of benzene rings is 2. The minimum atomic E-state index is -4.74. The Bertz CT molecular complexity index is 1700. The zero-order valence-electron chi connectivity index (χ0n) is 23.8. The third kappa shape index (κ3) is 5.70. The van der Waals surface area contributed by atoms with Crippen LogP contribution in [0.1, 0.15) is 34.1 Å². The lowest BCUT2D eigenvalue weighted by molar-refractivity contribution is -0.143. The SMILES string of the molecule is C=C(c1ccc(NC(N)=O)cc1)N1CCN(C(=O)c2cnn3c(C(F)(F)F)c(C)c(-c4ccc(OC)cc4)nc23)[C@H](C)C1. The summed E-state index contributed by atoms with van der Waals surface area (Å²) >= 11 is 0. The summed E-state index contributed by atoms with van der Waals surface area (Å²) in [6.07, 6.45) is -3.59. The van der Waals surface area contributed by atoms with Gasteiger partial charge in [0.05, 0.1) is 19.0 Å². The van der Waals surface area contributed by atoms with E-state index in [1.165, 1.54) is 14.0 Å². The number of hydrogen-bond acceptors (Lipinski definition) is 6. The number of urea groups is 1. The standard InChI is InChI=1S/C30H30F3N7O3/c1-17-16-38(19(3)20-5-9-22(10-6-20)36-29(34)42)13-14-39(17)28(41)24-15-35-40-26(30(31,32)33)18(2)25(37-27(24)40)21-7-11-23(43-4)12-8-21/h5-12,15,17H,3,13-14,16H2,1-2,4H3,(H3,34,36,42)/t17-/m1/s1. The molecule has 1 atom stereocenters. The molecule has 0 saturated carbocycles. The summed E-state index contributed by atoms with van der Waals surface area (Å²) in [4.78, 5) is 33.1. The molecule has 13 heteroatoms. The summed E-state index contributed by atoms with van der Waals surface area (Å²) in [5.74, 6) is 0.0893. The van der Waals surface area contributed by atoms with Crippen LogP contribution in [0.4, 0.5) is 23.7 Å². The van der Waals surface area contributed by atoms with E-state index >= 15 is 0 Å². The monoisotopic (exact) mass is 593 g/mol. The highest BCUT2D eigenvalue weighted by atomic mass is 19.4. The molecule has 1 aliphatic heterocycles.